The average Bonchev–Trinajstić information content (AvgIpc) is 2.27. The van der Waals surface area contributed by atoms with Crippen molar-refractivity contribution in [2.75, 3.05) is 11.1 Å². The summed E-state index contributed by atoms with van der Waals surface area (Å²) >= 11 is 5.74. The number of aromatic nitrogens is 2. The molecule has 0 unspecified atom stereocenters. The lowest BCUT2D eigenvalue weighted by atomic mass is 10.2. The molecule has 1 aromatic heterocycles. The molecular weight excluding hydrogens is 224 g/mol. The van der Waals surface area contributed by atoms with Crippen LogP contribution in [-0.4, -0.2) is 9.97 Å². The Morgan fingerprint density at radius 3 is 2.94 bits per heavy atom. The summed E-state index contributed by atoms with van der Waals surface area (Å²) in [6, 6.07) is 9.27. The molecule has 0 saturated heterocycles. The van der Waals surface area contributed by atoms with E-state index in [0.29, 0.717) is 17.6 Å². The quantitative estimate of drug-likeness (QED) is 0.632. The maximum absolute atomic E-state index is 5.74. The fraction of sp³-hybridized carbons (Fsp3) is 0.0909. The second-order valence-electron chi connectivity index (χ2n) is 3.30. The zero-order valence-electron chi connectivity index (χ0n) is 8.52. The van der Waals surface area contributed by atoms with Crippen LogP contribution in [-0.2, 0) is 6.54 Å². The molecule has 0 saturated carbocycles. The number of nitrogens with one attached hydrogen (secondary N) is 1. The lowest BCUT2D eigenvalue weighted by Gasteiger charge is -2.05. The molecular formula is C11H11ClN4. The number of rotatable bonds is 3. The predicted molar refractivity (Wildman–Crippen MR) is 65.2 cm³/mol. The number of nitrogens with zero attached hydrogens (tertiary/aromatic N) is 2. The van der Waals surface area contributed by atoms with Gasteiger partial charge in [-0.3, -0.25) is 0 Å². The van der Waals surface area contributed by atoms with Crippen molar-refractivity contribution >= 4 is 23.2 Å². The van der Waals surface area contributed by atoms with Crippen LogP contribution in [0.15, 0.2) is 36.5 Å². The van der Waals surface area contributed by atoms with Gasteiger partial charge in [0.05, 0.1) is 0 Å². The van der Waals surface area contributed by atoms with Crippen LogP contribution in [0.5, 0.6) is 0 Å². The monoisotopic (exact) mass is 234 g/mol. The number of hydrogen-bond acceptors (Lipinski definition) is 4. The van der Waals surface area contributed by atoms with Gasteiger partial charge in [0.15, 0.2) is 0 Å². The van der Waals surface area contributed by atoms with E-state index >= 15 is 0 Å². The van der Waals surface area contributed by atoms with Crippen LogP contribution in [0.2, 0.25) is 5.15 Å². The standard InChI is InChI=1S/C11H11ClN4/c12-10-4-5-14-11(16-10)15-7-8-2-1-3-9(13)6-8/h1-6H,7,13H2,(H,14,15,16). The van der Waals surface area contributed by atoms with E-state index in [1.165, 1.54) is 0 Å². The van der Waals surface area contributed by atoms with Gasteiger partial charge in [-0.15, -0.1) is 0 Å². The van der Waals surface area contributed by atoms with E-state index in [1.807, 2.05) is 24.3 Å². The third kappa shape index (κ3) is 2.84. The summed E-state index contributed by atoms with van der Waals surface area (Å²) in [5.41, 5.74) is 7.49. The molecule has 0 aliphatic heterocycles. The fourth-order valence-corrected chi connectivity index (χ4v) is 1.44. The number of nitrogens with two attached hydrogens (primary N) is 1. The van der Waals surface area contributed by atoms with Gasteiger partial charge in [-0.25, -0.2) is 9.97 Å². The highest BCUT2D eigenvalue weighted by Gasteiger charge is 1.97. The van der Waals surface area contributed by atoms with Gasteiger partial charge in [0, 0.05) is 18.4 Å². The van der Waals surface area contributed by atoms with Gasteiger partial charge in [-0.05, 0) is 23.8 Å². The van der Waals surface area contributed by atoms with Gasteiger partial charge < -0.3 is 11.1 Å². The maximum Gasteiger partial charge on any atom is 0.224 e. The van der Waals surface area contributed by atoms with Gasteiger partial charge in [0.2, 0.25) is 5.95 Å². The Labute approximate surface area is 98.5 Å². The van der Waals surface area contributed by atoms with Crippen LogP contribution in [0.1, 0.15) is 5.56 Å². The van der Waals surface area contributed by atoms with Crippen LogP contribution in [0.4, 0.5) is 11.6 Å². The van der Waals surface area contributed by atoms with Crippen LogP contribution in [0, 0.1) is 0 Å². The molecule has 2 aromatic rings. The molecule has 1 heterocycles. The highest BCUT2D eigenvalue weighted by molar-refractivity contribution is 6.29. The number of nitrogen functional groups attached to an aromatic ring is 1. The van der Waals surface area contributed by atoms with E-state index in [4.69, 9.17) is 17.3 Å². The summed E-state index contributed by atoms with van der Waals surface area (Å²) in [5, 5.41) is 3.49. The molecule has 0 amide bonds. The molecule has 0 bridgehead atoms. The van der Waals surface area contributed by atoms with Gasteiger partial charge in [-0.2, -0.15) is 0 Å². The zero-order chi connectivity index (χ0) is 11.4. The van der Waals surface area contributed by atoms with E-state index in [-0.39, 0.29) is 0 Å². The topological polar surface area (TPSA) is 63.8 Å². The number of halogens is 1. The first-order valence-electron chi connectivity index (χ1n) is 4.81. The maximum atomic E-state index is 5.74. The molecule has 3 N–H and O–H groups in total. The molecule has 4 nitrogen and oxygen atoms in total. The van der Waals surface area contributed by atoms with Gasteiger partial charge in [0.1, 0.15) is 5.15 Å². The predicted octanol–water partition coefficient (Wildman–Crippen LogP) is 2.32. The zero-order valence-corrected chi connectivity index (χ0v) is 9.28. The fourth-order valence-electron chi connectivity index (χ4n) is 1.31. The normalized spacial score (nSPS) is 10.1. The van der Waals surface area contributed by atoms with E-state index in [0.717, 1.165) is 11.3 Å². The largest absolute Gasteiger partial charge is 0.399 e. The van der Waals surface area contributed by atoms with Crippen molar-refractivity contribution in [1.29, 1.82) is 0 Å². The minimum absolute atomic E-state index is 0.421. The molecule has 0 spiro atoms. The lowest BCUT2D eigenvalue weighted by Crippen LogP contribution is -2.03. The first kappa shape index (κ1) is 10.7. The van der Waals surface area contributed by atoms with Crippen molar-refractivity contribution in [1.82, 2.24) is 9.97 Å². The Kier molecular flexibility index (Phi) is 3.22. The summed E-state index contributed by atoms with van der Waals surface area (Å²) in [4.78, 5) is 8.06. The summed E-state index contributed by atoms with van der Waals surface area (Å²) in [6.45, 7) is 0.616. The van der Waals surface area contributed by atoms with Crippen molar-refractivity contribution in [2.24, 2.45) is 0 Å². The highest BCUT2D eigenvalue weighted by atomic mass is 35.5. The molecule has 2 rings (SSSR count). The van der Waals surface area contributed by atoms with Gasteiger partial charge in [0.25, 0.3) is 0 Å². The van der Waals surface area contributed by atoms with Crippen LogP contribution >= 0.6 is 11.6 Å². The third-order valence-corrected chi connectivity index (χ3v) is 2.23. The Hall–Kier alpha value is -1.81. The highest BCUT2D eigenvalue weighted by Crippen LogP contribution is 2.10. The van der Waals surface area contributed by atoms with Gasteiger partial charge in [-0.1, -0.05) is 23.7 Å². The molecule has 82 valence electrons. The van der Waals surface area contributed by atoms with E-state index < -0.39 is 0 Å². The summed E-state index contributed by atoms with van der Waals surface area (Å²) in [7, 11) is 0. The molecule has 5 heteroatoms. The molecule has 0 radical (unpaired) electrons. The van der Waals surface area contributed by atoms with Crippen molar-refractivity contribution < 1.29 is 0 Å². The van der Waals surface area contributed by atoms with Crippen molar-refractivity contribution in [3.63, 3.8) is 0 Å². The van der Waals surface area contributed by atoms with E-state index in [1.54, 1.807) is 12.3 Å². The van der Waals surface area contributed by atoms with E-state index in [9.17, 15) is 0 Å². The molecule has 16 heavy (non-hydrogen) atoms. The van der Waals surface area contributed by atoms with Crippen LogP contribution in [0.3, 0.4) is 0 Å². The Balaban J connectivity index is 2.02. The smallest absolute Gasteiger partial charge is 0.224 e. The van der Waals surface area contributed by atoms with Crippen LogP contribution in [0.25, 0.3) is 0 Å². The lowest BCUT2D eigenvalue weighted by molar-refractivity contribution is 1.05. The number of hydrogen-bond donors (Lipinski definition) is 2. The van der Waals surface area contributed by atoms with Crippen molar-refractivity contribution in [3.8, 4) is 0 Å². The number of benzene rings is 1. The van der Waals surface area contributed by atoms with Crippen molar-refractivity contribution in [2.45, 2.75) is 6.54 Å². The Morgan fingerprint density at radius 1 is 1.31 bits per heavy atom. The first-order valence-corrected chi connectivity index (χ1v) is 5.19. The van der Waals surface area contributed by atoms with E-state index in [2.05, 4.69) is 15.3 Å². The van der Waals surface area contributed by atoms with Crippen LogP contribution < -0.4 is 11.1 Å². The first-order chi connectivity index (χ1) is 7.74. The second-order valence-corrected chi connectivity index (χ2v) is 3.69. The Bertz CT molecular complexity index is 441. The molecule has 1 aromatic carbocycles. The minimum Gasteiger partial charge on any atom is -0.399 e. The Morgan fingerprint density at radius 2 is 2.19 bits per heavy atom. The molecule has 0 aliphatic carbocycles. The molecule has 0 aliphatic rings. The second kappa shape index (κ2) is 4.81. The summed E-state index contributed by atoms with van der Waals surface area (Å²) in [6.07, 6.45) is 1.61. The average molecular weight is 235 g/mol. The van der Waals surface area contributed by atoms with Gasteiger partial charge >= 0.3 is 0 Å². The minimum atomic E-state index is 0.421. The molecule has 0 atom stereocenters. The third-order valence-electron chi connectivity index (χ3n) is 2.02. The molecule has 0 fully saturated rings. The van der Waals surface area contributed by atoms with Crippen molar-refractivity contribution in [3.05, 3.63) is 47.2 Å². The number of anilines is 2. The summed E-state index contributed by atoms with van der Waals surface area (Å²) in [5.74, 6) is 0.509. The SMILES string of the molecule is Nc1cccc(CNc2nccc(Cl)n2)c1. The summed E-state index contributed by atoms with van der Waals surface area (Å²) < 4.78 is 0.